The molecule has 1 saturated heterocycles. The summed E-state index contributed by atoms with van der Waals surface area (Å²) in [5.41, 5.74) is 2.33. The van der Waals surface area contributed by atoms with Crippen molar-refractivity contribution in [2.45, 2.75) is 37.8 Å². The first-order valence-corrected chi connectivity index (χ1v) is 11.5. The van der Waals surface area contributed by atoms with Gasteiger partial charge in [0.2, 0.25) is 0 Å². The SMILES string of the molecule is O=C1C(=O)N([C@@H]2CC[C@@H](c3ccccc3)C2)CCN1Cc1nnc(-c2ccccc2)s1. The number of rotatable bonds is 5. The van der Waals surface area contributed by atoms with Crippen molar-refractivity contribution < 1.29 is 9.59 Å². The Bertz CT molecular complexity index is 1070. The molecule has 7 heteroatoms. The second-order valence-corrected chi connectivity index (χ2v) is 9.23. The summed E-state index contributed by atoms with van der Waals surface area (Å²) < 4.78 is 0. The molecular formula is C24H24N4O2S. The van der Waals surface area contributed by atoms with E-state index >= 15 is 0 Å². The second kappa shape index (κ2) is 8.59. The van der Waals surface area contributed by atoms with Gasteiger partial charge in [-0.3, -0.25) is 9.59 Å². The number of aromatic nitrogens is 2. The molecule has 1 aliphatic carbocycles. The Labute approximate surface area is 185 Å². The standard InChI is InChI=1S/C24H24N4O2S/c29-23-24(30)28(20-12-11-19(15-20)17-7-3-1-4-8-17)14-13-27(23)16-21-25-26-22(31-21)18-9-5-2-6-10-18/h1-10,19-20H,11-16H2/t19-,20-/m1/s1. The van der Waals surface area contributed by atoms with Crippen LogP contribution in [0.15, 0.2) is 60.7 Å². The molecule has 3 aromatic rings. The Kier molecular flexibility index (Phi) is 5.51. The van der Waals surface area contributed by atoms with Crippen molar-refractivity contribution in [1.82, 2.24) is 20.0 Å². The zero-order valence-electron chi connectivity index (χ0n) is 17.2. The molecule has 0 bridgehead atoms. The van der Waals surface area contributed by atoms with Crippen molar-refractivity contribution in [3.8, 4) is 10.6 Å². The van der Waals surface area contributed by atoms with Gasteiger partial charge in [0, 0.05) is 24.7 Å². The first-order valence-electron chi connectivity index (χ1n) is 10.7. The van der Waals surface area contributed by atoms with Crippen molar-refractivity contribution in [2.24, 2.45) is 0 Å². The Morgan fingerprint density at radius 2 is 1.61 bits per heavy atom. The van der Waals surface area contributed by atoms with Crippen LogP contribution in [-0.4, -0.2) is 50.9 Å². The molecule has 0 N–H and O–H groups in total. The van der Waals surface area contributed by atoms with Crippen LogP contribution in [0.3, 0.4) is 0 Å². The van der Waals surface area contributed by atoms with Gasteiger partial charge in [0.05, 0.1) is 6.54 Å². The second-order valence-electron chi connectivity index (χ2n) is 8.17. The van der Waals surface area contributed by atoms with Gasteiger partial charge in [0.25, 0.3) is 0 Å². The van der Waals surface area contributed by atoms with E-state index in [1.165, 1.54) is 16.9 Å². The highest BCUT2D eigenvalue weighted by atomic mass is 32.1. The number of amides is 2. The molecule has 158 valence electrons. The highest BCUT2D eigenvalue weighted by molar-refractivity contribution is 7.14. The maximum absolute atomic E-state index is 12.9. The van der Waals surface area contributed by atoms with E-state index in [0.717, 1.165) is 34.8 Å². The van der Waals surface area contributed by atoms with Crippen LogP contribution in [0.4, 0.5) is 0 Å². The lowest BCUT2D eigenvalue weighted by molar-refractivity contribution is -0.158. The normalized spacial score (nSPS) is 21.7. The van der Waals surface area contributed by atoms with Crippen molar-refractivity contribution in [3.63, 3.8) is 0 Å². The zero-order valence-corrected chi connectivity index (χ0v) is 18.0. The molecule has 0 unspecified atom stereocenters. The van der Waals surface area contributed by atoms with Gasteiger partial charge < -0.3 is 9.80 Å². The summed E-state index contributed by atoms with van der Waals surface area (Å²) in [4.78, 5) is 29.1. The van der Waals surface area contributed by atoms with E-state index in [4.69, 9.17) is 0 Å². The van der Waals surface area contributed by atoms with Gasteiger partial charge in [-0.1, -0.05) is 72.0 Å². The van der Waals surface area contributed by atoms with Gasteiger partial charge in [-0.15, -0.1) is 10.2 Å². The van der Waals surface area contributed by atoms with Crippen LogP contribution in [0.2, 0.25) is 0 Å². The smallest absolute Gasteiger partial charge is 0.312 e. The topological polar surface area (TPSA) is 66.4 Å². The Morgan fingerprint density at radius 3 is 2.39 bits per heavy atom. The van der Waals surface area contributed by atoms with E-state index in [1.807, 2.05) is 36.4 Å². The molecule has 2 amide bonds. The first kappa shape index (κ1) is 19.9. The van der Waals surface area contributed by atoms with Gasteiger partial charge >= 0.3 is 11.8 Å². The summed E-state index contributed by atoms with van der Waals surface area (Å²) in [7, 11) is 0. The molecule has 0 spiro atoms. The molecule has 2 fully saturated rings. The number of nitrogens with zero attached hydrogens (tertiary/aromatic N) is 4. The fourth-order valence-corrected chi connectivity index (χ4v) is 5.50. The number of hydrogen-bond acceptors (Lipinski definition) is 5. The quantitative estimate of drug-likeness (QED) is 0.577. The summed E-state index contributed by atoms with van der Waals surface area (Å²) in [6, 6.07) is 20.5. The third kappa shape index (κ3) is 4.10. The zero-order chi connectivity index (χ0) is 21.2. The average Bonchev–Trinajstić information content (AvgIpc) is 3.49. The third-order valence-corrected chi connectivity index (χ3v) is 7.23. The predicted molar refractivity (Wildman–Crippen MR) is 119 cm³/mol. The monoisotopic (exact) mass is 432 g/mol. The van der Waals surface area contributed by atoms with Crippen LogP contribution >= 0.6 is 11.3 Å². The molecular weight excluding hydrogens is 408 g/mol. The van der Waals surface area contributed by atoms with Crippen molar-refractivity contribution >= 4 is 23.2 Å². The van der Waals surface area contributed by atoms with E-state index in [1.54, 1.807) is 9.80 Å². The van der Waals surface area contributed by atoms with Crippen molar-refractivity contribution in [2.75, 3.05) is 13.1 Å². The number of hydrogen-bond donors (Lipinski definition) is 0. The molecule has 2 heterocycles. The lowest BCUT2D eigenvalue weighted by Gasteiger charge is -2.37. The average molecular weight is 433 g/mol. The minimum atomic E-state index is -0.425. The predicted octanol–water partition coefficient (Wildman–Crippen LogP) is 3.71. The van der Waals surface area contributed by atoms with Crippen LogP contribution in [0.1, 0.15) is 35.8 Å². The van der Waals surface area contributed by atoms with E-state index in [0.29, 0.717) is 25.6 Å². The number of benzene rings is 2. The molecule has 1 aliphatic heterocycles. The summed E-state index contributed by atoms with van der Waals surface area (Å²) in [6.07, 6.45) is 2.94. The Hall–Kier alpha value is -3.06. The van der Waals surface area contributed by atoms with E-state index in [2.05, 4.69) is 34.5 Å². The molecule has 0 radical (unpaired) electrons. The highest BCUT2D eigenvalue weighted by Crippen LogP contribution is 2.37. The van der Waals surface area contributed by atoms with Gasteiger partial charge in [0.1, 0.15) is 10.0 Å². The van der Waals surface area contributed by atoms with Crippen LogP contribution in [0.25, 0.3) is 10.6 Å². The van der Waals surface area contributed by atoms with Crippen molar-refractivity contribution in [1.29, 1.82) is 0 Å². The number of piperazine rings is 1. The van der Waals surface area contributed by atoms with Gasteiger partial charge in [-0.05, 0) is 30.7 Å². The first-order chi connectivity index (χ1) is 15.2. The molecule has 2 atom stereocenters. The molecule has 5 rings (SSSR count). The van der Waals surface area contributed by atoms with Crippen LogP contribution in [-0.2, 0) is 16.1 Å². The largest absolute Gasteiger partial charge is 0.330 e. The summed E-state index contributed by atoms with van der Waals surface area (Å²) in [5, 5.41) is 10.1. The minimum Gasteiger partial charge on any atom is -0.330 e. The van der Waals surface area contributed by atoms with Crippen molar-refractivity contribution in [3.05, 3.63) is 71.2 Å². The summed E-state index contributed by atoms with van der Waals surface area (Å²) in [5.74, 6) is -0.339. The van der Waals surface area contributed by atoms with Gasteiger partial charge in [0.15, 0.2) is 0 Å². The van der Waals surface area contributed by atoms with Crippen LogP contribution in [0.5, 0.6) is 0 Å². The molecule has 1 aromatic heterocycles. The molecule has 2 aromatic carbocycles. The highest BCUT2D eigenvalue weighted by Gasteiger charge is 2.39. The van der Waals surface area contributed by atoms with E-state index < -0.39 is 5.91 Å². The maximum Gasteiger partial charge on any atom is 0.312 e. The number of carbonyl (C=O) groups is 2. The molecule has 31 heavy (non-hydrogen) atoms. The summed E-state index contributed by atoms with van der Waals surface area (Å²) in [6.45, 7) is 1.46. The Morgan fingerprint density at radius 1 is 0.871 bits per heavy atom. The number of carbonyl (C=O) groups excluding carboxylic acids is 2. The van der Waals surface area contributed by atoms with Crippen LogP contribution in [0, 0.1) is 0 Å². The van der Waals surface area contributed by atoms with E-state index in [-0.39, 0.29) is 11.9 Å². The minimum absolute atomic E-state index is 0.148. The third-order valence-electron chi connectivity index (χ3n) is 6.27. The maximum atomic E-state index is 12.9. The van der Waals surface area contributed by atoms with Gasteiger partial charge in [-0.2, -0.15) is 0 Å². The molecule has 2 aliphatic rings. The van der Waals surface area contributed by atoms with E-state index in [9.17, 15) is 9.59 Å². The fraction of sp³-hybridized carbons (Fsp3) is 0.333. The molecule has 1 saturated carbocycles. The lowest BCUT2D eigenvalue weighted by Crippen LogP contribution is -2.56. The molecule has 6 nitrogen and oxygen atoms in total. The van der Waals surface area contributed by atoms with Gasteiger partial charge in [-0.25, -0.2) is 0 Å². The van der Waals surface area contributed by atoms with Crippen LogP contribution < -0.4 is 0 Å². The Balaban J connectivity index is 1.21. The fourth-order valence-electron chi connectivity index (χ4n) is 4.64. The summed E-state index contributed by atoms with van der Waals surface area (Å²) >= 11 is 1.47. The lowest BCUT2D eigenvalue weighted by atomic mass is 9.97.